The Kier molecular flexibility index (Phi) is 6.37. The molecule has 0 fully saturated rings. The average molecular weight is 429 g/mol. The molecule has 0 saturated carbocycles. The molecule has 7 heteroatoms. The molecule has 6 nitrogen and oxygen atoms in total. The van der Waals surface area contributed by atoms with Crippen LogP contribution in [0.5, 0.6) is 11.5 Å². The maximum atomic E-state index is 13.1. The molecule has 158 valence electrons. The third kappa shape index (κ3) is 4.28. The minimum absolute atomic E-state index is 0.0400. The third-order valence-electron chi connectivity index (χ3n) is 4.57. The second kappa shape index (κ2) is 8.79. The highest BCUT2D eigenvalue weighted by Gasteiger charge is 2.40. The Labute approximate surface area is 181 Å². The normalized spacial score (nSPS) is 14.2. The highest BCUT2D eigenvalue weighted by molar-refractivity contribution is 6.37. The maximum Gasteiger partial charge on any atom is 0.278 e. The molecule has 2 amide bonds. The van der Waals surface area contributed by atoms with Crippen LogP contribution in [0.15, 0.2) is 48.2 Å². The molecule has 1 N–H and O–H groups in total. The number of carbonyl (C=O) groups is 2. The Morgan fingerprint density at radius 3 is 2.17 bits per heavy atom. The van der Waals surface area contributed by atoms with Crippen molar-refractivity contribution in [3.8, 4) is 11.5 Å². The van der Waals surface area contributed by atoms with Crippen LogP contribution in [-0.4, -0.2) is 36.0 Å². The van der Waals surface area contributed by atoms with E-state index in [1.807, 2.05) is 13.8 Å². The molecule has 1 aliphatic rings. The van der Waals surface area contributed by atoms with Gasteiger partial charge in [-0.3, -0.25) is 14.5 Å². The number of methoxy groups -OCH3 is 1. The summed E-state index contributed by atoms with van der Waals surface area (Å²) in [4.78, 5) is 27.4. The van der Waals surface area contributed by atoms with Gasteiger partial charge in [-0.25, -0.2) is 0 Å². The number of ether oxygens (including phenoxy) is 2. The summed E-state index contributed by atoms with van der Waals surface area (Å²) in [5.74, 6) is 0.507. The maximum absolute atomic E-state index is 13.1. The minimum Gasteiger partial charge on any atom is -0.495 e. The van der Waals surface area contributed by atoms with Gasteiger partial charge in [0.2, 0.25) is 0 Å². The highest BCUT2D eigenvalue weighted by atomic mass is 35.5. The smallest absolute Gasteiger partial charge is 0.278 e. The number of hydrogen-bond acceptors (Lipinski definition) is 5. The van der Waals surface area contributed by atoms with E-state index in [9.17, 15) is 9.59 Å². The van der Waals surface area contributed by atoms with E-state index in [1.165, 1.54) is 12.0 Å². The van der Waals surface area contributed by atoms with Crippen LogP contribution in [0.25, 0.3) is 5.57 Å². The van der Waals surface area contributed by atoms with Crippen molar-refractivity contribution in [3.05, 3.63) is 58.7 Å². The molecule has 2 aromatic carbocycles. The van der Waals surface area contributed by atoms with Crippen molar-refractivity contribution >= 4 is 34.7 Å². The van der Waals surface area contributed by atoms with E-state index in [4.69, 9.17) is 21.1 Å². The van der Waals surface area contributed by atoms with E-state index in [0.29, 0.717) is 33.3 Å². The van der Waals surface area contributed by atoms with Gasteiger partial charge in [-0.05, 0) is 63.6 Å². The van der Waals surface area contributed by atoms with E-state index in [-0.39, 0.29) is 29.7 Å². The molecule has 30 heavy (non-hydrogen) atoms. The monoisotopic (exact) mass is 428 g/mol. The van der Waals surface area contributed by atoms with Gasteiger partial charge in [-0.15, -0.1) is 0 Å². The predicted molar refractivity (Wildman–Crippen MR) is 118 cm³/mol. The number of halogens is 1. The number of amides is 2. The summed E-state index contributed by atoms with van der Waals surface area (Å²) < 4.78 is 10.8. The Morgan fingerprint density at radius 1 is 0.967 bits per heavy atom. The van der Waals surface area contributed by atoms with Gasteiger partial charge in [0, 0.05) is 11.7 Å². The number of rotatable bonds is 7. The predicted octanol–water partition coefficient (Wildman–Crippen LogP) is 4.74. The Bertz CT molecular complexity index is 997. The topological polar surface area (TPSA) is 67.9 Å². The van der Waals surface area contributed by atoms with Gasteiger partial charge in [0.25, 0.3) is 11.8 Å². The van der Waals surface area contributed by atoms with Gasteiger partial charge in [0.1, 0.15) is 17.2 Å². The lowest BCUT2D eigenvalue weighted by Gasteiger charge is -2.19. The van der Waals surface area contributed by atoms with Gasteiger partial charge in [0.15, 0.2) is 0 Å². The quantitative estimate of drug-likeness (QED) is 0.645. The molecule has 0 unspecified atom stereocenters. The van der Waals surface area contributed by atoms with Crippen molar-refractivity contribution in [3.63, 3.8) is 0 Å². The van der Waals surface area contributed by atoms with E-state index < -0.39 is 0 Å². The number of anilines is 1. The molecular formula is C23H25ClN2O4. The second-order valence-corrected chi connectivity index (χ2v) is 7.90. The fourth-order valence-corrected chi connectivity index (χ4v) is 3.52. The SMILES string of the molecule is COc1ccc(NC2=C(c3ccc(OC(C)C)cc3)C(=O)N(C(C)C)C2=O)cc1Cl. The first-order valence-corrected chi connectivity index (χ1v) is 10.1. The molecule has 0 spiro atoms. The zero-order valence-corrected chi connectivity index (χ0v) is 18.4. The molecule has 1 aliphatic heterocycles. The van der Waals surface area contributed by atoms with Gasteiger partial charge in [0.05, 0.1) is 23.8 Å². The van der Waals surface area contributed by atoms with Crippen molar-refractivity contribution in [1.29, 1.82) is 0 Å². The van der Waals surface area contributed by atoms with Crippen LogP contribution in [-0.2, 0) is 9.59 Å². The largest absolute Gasteiger partial charge is 0.495 e. The van der Waals surface area contributed by atoms with Crippen molar-refractivity contribution in [2.45, 2.75) is 39.8 Å². The summed E-state index contributed by atoms with van der Waals surface area (Å²) >= 11 is 6.21. The number of imide groups is 1. The zero-order chi connectivity index (χ0) is 22.0. The Balaban J connectivity index is 2.03. The van der Waals surface area contributed by atoms with E-state index >= 15 is 0 Å². The first-order chi connectivity index (χ1) is 14.2. The fourth-order valence-electron chi connectivity index (χ4n) is 3.26. The van der Waals surface area contributed by atoms with E-state index in [2.05, 4.69) is 5.32 Å². The van der Waals surface area contributed by atoms with Crippen LogP contribution in [0.2, 0.25) is 5.02 Å². The summed E-state index contributed by atoms with van der Waals surface area (Å²) in [6.07, 6.45) is 0.0400. The molecule has 3 rings (SSSR count). The molecular weight excluding hydrogens is 404 g/mol. The molecule has 2 aromatic rings. The zero-order valence-electron chi connectivity index (χ0n) is 17.7. The summed E-state index contributed by atoms with van der Waals surface area (Å²) in [7, 11) is 1.53. The van der Waals surface area contributed by atoms with Crippen LogP contribution < -0.4 is 14.8 Å². The third-order valence-corrected chi connectivity index (χ3v) is 4.86. The summed E-state index contributed by atoms with van der Waals surface area (Å²) in [6.45, 7) is 7.50. The van der Waals surface area contributed by atoms with E-state index in [1.54, 1.807) is 56.3 Å². The van der Waals surface area contributed by atoms with Crippen molar-refractivity contribution in [1.82, 2.24) is 4.90 Å². The molecule has 1 heterocycles. The Hall–Kier alpha value is -2.99. The van der Waals surface area contributed by atoms with Crippen molar-refractivity contribution < 1.29 is 19.1 Å². The fraction of sp³-hybridized carbons (Fsp3) is 0.304. The molecule has 0 bridgehead atoms. The van der Waals surface area contributed by atoms with Crippen LogP contribution in [0.4, 0.5) is 5.69 Å². The highest BCUT2D eigenvalue weighted by Crippen LogP contribution is 2.34. The van der Waals surface area contributed by atoms with Crippen LogP contribution in [0, 0.1) is 0 Å². The van der Waals surface area contributed by atoms with Crippen LogP contribution >= 0.6 is 11.6 Å². The lowest BCUT2D eigenvalue weighted by molar-refractivity contribution is -0.138. The summed E-state index contributed by atoms with van der Waals surface area (Å²) in [5, 5.41) is 3.49. The van der Waals surface area contributed by atoms with Gasteiger partial charge < -0.3 is 14.8 Å². The minimum atomic E-state index is -0.376. The Morgan fingerprint density at radius 2 is 1.63 bits per heavy atom. The number of carbonyl (C=O) groups excluding carboxylic acids is 2. The lowest BCUT2D eigenvalue weighted by atomic mass is 10.0. The molecule has 0 aliphatic carbocycles. The van der Waals surface area contributed by atoms with Crippen molar-refractivity contribution in [2.24, 2.45) is 0 Å². The van der Waals surface area contributed by atoms with Gasteiger partial charge in [-0.1, -0.05) is 23.7 Å². The number of nitrogens with one attached hydrogen (secondary N) is 1. The standard InChI is InChI=1S/C23H25ClN2O4/c1-13(2)26-22(27)20(15-6-9-17(10-7-15)30-14(3)4)21(23(26)28)25-16-8-11-19(29-5)18(24)12-16/h6-14,25H,1-5H3. The summed E-state index contributed by atoms with van der Waals surface area (Å²) in [6, 6.07) is 12.0. The first kappa shape index (κ1) is 21.7. The first-order valence-electron chi connectivity index (χ1n) is 9.72. The van der Waals surface area contributed by atoms with Crippen LogP contribution in [0.3, 0.4) is 0 Å². The van der Waals surface area contributed by atoms with Crippen molar-refractivity contribution in [2.75, 3.05) is 12.4 Å². The second-order valence-electron chi connectivity index (χ2n) is 7.49. The molecule has 0 aromatic heterocycles. The molecule has 0 atom stereocenters. The number of benzene rings is 2. The summed E-state index contributed by atoms with van der Waals surface area (Å²) in [5.41, 5.74) is 1.75. The van der Waals surface area contributed by atoms with Gasteiger partial charge in [-0.2, -0.15) is 0 Å². The van der Waals surface area contributed by atoms with Gasteiger partial charge >= 0.3 is 0 Å². The molecule has 0 saturated heterocycles. The average Bonchev–Trinajstić information content (AvgIpc) is 2.92. The number of hydrogen-bond donors (Lipinski definition) is 1. The van der Waals surface area contributed by atoms with Crippen LogP contribution in [0.1, 0.15) is 33.3 Å². The van der Waals surface area contributed by atoms with E-state index in [0.717, 1.165) is 0 Å². The number of nitrogens with zero attached hydrogens (tertiary/aromatic N) is 1. The molecule has 0 radical (unpaired) electrons. The lowest BCUT2D eigenvalue weighted by Crippen LogP contribution is -2.38.